The molecular formula is C20H29FN4O2. The number of carbonyl (C=O) groups is 1. The number of hydrogen-bond donors (Lipinski definition) is 0. The van der Waals surface area contributed by atoms with Crippen LogP contribution in [0.1, 0.15) is 26.3 Å². The molecule has 1 amide bonds. The second-order valence-electron chi connectivity index (χ2n) is 6.74. The summed E-state index contributed by atoms with van der Waals surface area (Å²) in [5.74, 6) is 0.355. The van der Waals surface area contributed by atoms with Crippen LogP contribution in [0.3, 0.4) is 0 Å². The molecule has 7 heteroatoms. The maximum Gasteiger partial charge on any atom is 0.232 e. The number of carbonyl (C=O) groups excluding carboxylic acids is 1. The van der Waals surface area contributed by atoms with Gasteiger partial charge in [0.05, 0.1) is 12.1 Å². The lowest BCUT2D eigenvalue weighted by molar-refractivity contribution is -0.129. The Hall–Kier alpha value is -2.41. The minimum atomic E-state index is -0.302. The van der Waals surface area contributed by atoms with Crippen molar-refractivity contribution in [2.45, 2.75) is 27.3 Å². The van der Waals surface area contributed by atoms with E-state index in [4.69, 9.17) is 4.52 Å². The van der Waals surface area contributed by atoms with Crippen molar-refractivity contribution >= 4 is 11.8 Å². The first-order valence-electron chi connectivity index (χ1n) is 9.27. The van der Waals surface area contributed by atoms with Crippen molar-refractivity contribution in [2.24, 2.45) is 0 Å². The number of likely N-dealkylation sites (N-methyl/N-ethyl adjacent to an activating group) is 1. The zero-order chi connectivity index (χ0) is 20.0. The lowest BCUT2D eigenvalue weighted by atomic mass is 10.1. The number of amides is 1. The predicted molar refractivity (Wildman–Crippen MR) is 105 cm³/mol. The van der Waals surface area contributed by atoms with E-state index < -0.39 is 0 Å². The van der Waals surface area contributed by atoms with Crippen LogP contribution in [0.4, 0.5) is 10.3 Å². The Balaban J connectivity index is 2.44. The van der Waals surface area contributed by atoms with E-state index >= 15 is 0 Å². The molecule has 0 aliphatic carbocycles. The second-order valence-corrected chi connectivity index (χ2v) is 6.74. The van der Waals surface area contributed by atoms with Crippen molar-refractivity contribution in [1.82, 2.24) is 15.0 Å². The Morgan fingerprint density at radius 2 is 1.74 bits per heavy atom. The average molecular weight is 376 g/mol. The van der Waals surface area contributed by atoms with Crippen molar-refractivity contribution in [3.63, 3.8) is 0 Å². The van der Waals surface area contributed by atoms with Crippen molar-refractivity contribution in [1.29, 1.82) is 0 Å². The first-order valence-corrected chi connectivity index (χ1v) is 9.27. The monoisotopic (exact) mass is 376 g/mol. The molecule has 1 aromatic heterocycles. The molecule has 0 saturated carbocycles. The van der Waals surface area contributed by atoms with Gasteiger partial charge in [0, 0.05) is 38.7 Å². The molecule has 0 atom stereocenters. The number of nitrogens with zero attached hydrogens (tertiary/aromatic N) is 4. The van der Waals surface area contributed by atoms with Crippen LogP contribution in [0.15, 0.2) is 28.8 Å². The third-order valence-corrected chi connectivity index (χ3v) is 4.55. The van der Waals surface area contributed by atoms with Crippen molar-refractivity contribution in [3.05, 3.63) is 35.6 Å². The number of aromatic nitrogens is 1. The van der Waals surface area contributed by atoms with Gasteiger partial charge in [0.15, 0.2) is 0 Å². The molecule has 1 aromatic carbocycles. The SMILES string of the molecule is CCN(CC)c1onc(-c2ccc(F)cc2)c1CN(CCN(C)C)C(C)=O. The van der Waals surface area contributed by atoms with E-state index in [0.717, 1.165) is 30.8 Å². The van der Waals surface area contributed by atoms with Gasteiger partial charge in [-0.25, -0.2) is 4.39 Å². The number of anilines is 1. The summed E-state index contributed by atoms with van der Waals surface area (Å²) < 4.78 is 19.0. The third-order valence-electron chi connectivity index (χ3n) is 4.55. The minimum absolute atomic E-state index is 0.00592. The van der Waals surface area contributed by atoms with Crippen LogP contribution in [0.2, 0.25) is 0 Å². The summed E-state index contributed by atoms with van der Waals surface area (Å²) >= 11 is 0. The minimum Gasteiger partial charge on any atom is -0.341 e. The first-order chi connectivity index (χ1) is 12.9. The van der Waals surface area contributed by atoms with Gasteiger partial charge in [-0.2, -0.15) is 0 Å². The number of rotatable bonds is 9. The van der Waals surface area contributed by atoms with E-state index in [-0.39, 0.29) is 11.7 Å². The predicted octanol–water partition coefficient (Wildman–Crippen LogP) is 3.24. The first kappa shape index (κ1) is 20.9. The number of benzene rings is 1. The Morgan fingerprint density at radius 3 is 2.26 bits per heavy atom. The molecule has 1 heterocycles. The zero-order valence-electron chi connectivity index (χ0n) is 16.8. The van der Waals surface area contributed by atoms with Gasteiger partial charge >= 0.3 is 0 Å². The largest absolute Gasteiger partial charge is 0.341 e. The van der Waals surface area contributed by atoms with Crippen LogP contribution < -0.4 is 4.90 Å². The Morgan fingerprint density at radius 1 is 1.11 bits per heavy atom. The summed E-state index contributed by atoms with van der Waals surface area (Å²) in [6, 6.07) is 6.17. The van der Waals surface area contributed by atoms with Gasteiger partial charge < -0.3 is 19.2 Å². The average Bonchev–Trinajstić information content (AvgIpc) is 3.03. The highest BCUT2D eigenvalue weighted by Crippen LogP contribution is 2.32. The lowest BCUT2D eigenvalue weighted by Crippen LogP contribution is -2.35. The molecule has 0 radical (unpaired) electrons. The summed E-state index contributed by atoms with van der Waals surface area (Å²) in [6.07, 6.45) is 0. The molecular weight excluding hydrogens is 347 g/mol. The van der Waals surface area contributed by atoms with E-state index in [9.17, 15) is 9.18 Å². The molecule has 2 aromatic rings. The van der Waals surface area contributed by atoms with Crippen LogP contribution in [0.25, 0.3) is 11.3 Å². The van der Waals surface area contributed by atoms with Gasteiger partial charge in [0.2, 0.25) is 11.8 Å². The Labute approximate surface area is 160 Å². The lowest BCUT2D eigenvalue weighted by Gasteiger charge is -2.25. The van der Waals surface area contributed by atoms with E-state index in [1.54, 1.807) is 24.0 Å². The third kappa shape index (κ3) is 5.29. The van der Waals surface area contributed by atoms with E-state index in [0.29, 0.717) is 24.7 Å². The Kier molecular flexibility index (Phi) is 7.36. The molecule has 6 nitrogen and oxygen atoms in total. The van der Waals surface area contributed by atoms with Crippen LogP contribution in [0.5, 0.6) is 0 Å². The van der Waals surface area contributed by atoms with Gasteiger partial charge in [0.25, 0.3) is 0 Å². The van der Waals surface area contributed by atoms with E-state index in [1.165, 1.54) is 12.1 Å². The van der Waals surface area contributed by atoms with Crippen molar-refractivity contribution < 1.29 is 13.7 Å². The molecule has 2 rings (SSSR count). The highest BCUT2D eigenvalue weighted by atomic mass is 19.1. The fourth-order valence-corrected chi connectivity index (χ4v) is 2.90. The quantitative estimate of drug-likeness (QED) is 0.673. The van der Waals surface area contributed by atoms with Crippen LogP contribution in [0, 0.1) is 5.82 Å². The smallest absolute Gasteiger partial charge is 0.232 e. The van der Waals surface area contributed by atoms with Crippen LogP contribution in [-0.4, -0.2) is 61.1 Å². The zero-order valence-corrected chi connectivity index (χ0v) is 16.8. The number of halogens is 1. The molecule has 0 N–H and O–H groups in total. The van der Waals surface area contributed by atoms with Gasteiger partial charge in [-0.3, -0.25) is 4.79 Å². The van der Waals surface area contributed by atoms with Gasteiger partial charge in [-0.15, -0.1) is 0 Å². The molecule has 0 spiro atoms. The van der Waals surface area contributed by atoms with Crippen LogP contribution >= 0.6 is 0 Å². The van der Waals surface area contributed by atoms with Crippen molar-refractivity contribution in [2.75, 3.05) is 45.2 Å². The highest BCUT2D eigenvalue weighted by molar-refractivity contribution is 5.75. The number of hydrogen-bond acceptors (Lipinski definition) is 5. The van der Waals surface area contributed by atoms with Crippen LogP contribution in [-0.2, 0) is 11.3 Å². The molecule has 148 valence electrons. The molecule has 0 bridgehead atoms. The summed E-state index contributed by atoms with van der Waals surface area (Å²) in [4.78, 5) is 18.1. The molecule has 0 aliphatic heterocycles. The molecule has 0 aliphatic rings. The molecule has 0 unspecified atom stereocenters. The van der Waals surface area contributed by atoms with E-state index in [2.05, 4.69) is 10.1 Å². The maximum absolute atomic E-state index is 13.3. The summed E-state index contributed by atoms with van der Waals surface area (Å²) in [6.45, 7) is 8.94. The Bertz CT molecular complexity index is 739. The fourth-order valence-electron chi connectivity index (χ4n) is 2.90. The van der Waals surface area contributed by atoms with Gasteiger partial charge in [0.1, 0.15) is 11.5 Å². The van der Waals surface area contributed by atoms with Crippen molar-refractivity contribution in [3.8, 4) is 11.3 Å². The van der Waals surface area contributed by atoms with E-state index in [1.807, 2.05) is 32.8 Å². The topological polar surface area (TPSA) is 52.8 Å². The standard InChI is InChI=1S/C20H29FN4O2/c1-6-24(7-2)20-18(14-25(15(3)26)13-12-23(4)5)19(22-27-20)16-8-10-17(21)11-9-16/h8-11H,6-7,12-14H2,1-5H3. The van der Waals surface area contributed by atoms with Gasteiger partial charge in [-0.05, 0) is 52.2 Å². The van der Waals surface area contributed by atoms with Gasteiger partial charge in [-0.1, -0.05) is 5.16 Å². The molecule has 0 saturated heterocycles. The summed E-state index contributed by atoms with van der Waals surface area (Å²) in [5.41, 5.74) is 2.26. The summed E-state index contributed by atoms with van der Waals surface area (Å²) in [7, 11) is 3.95. The second kappa shape index (κ2) is 9.50. The summed E-state index contributed by atoms with van der Waals surface area (Å²) in [5, 5.41) is 4.25. The molecule has 27 heavy (non-hydrogen) atoms. The normalized spacial score (nSPS) is 11.1. The fraction of sp³-hybridized carbons (Fsp3) is 0.500. The highest BCUT2D eigenvalue weighted by Gasteiger charge is 2.24. The maximum atomic E-state index is 13.3. The molecule has 0 fully saturated rings.